The summed E-state index contributed by atoms with van der Waals surface area (Å²) < 4.78 is 0. The van der Waals surface area contributed by atoms with Crippen LogP contribution in [0.1, 0.15) is 25.3 Å². The van der Waals surface area contributed by atoms with Crippen molar-refractivity contribution in [3.05, 3.63) is 35.9 Å². The maximum absolute atomic E-state index is 2.45. The molecule has 1 heteroatoms. The molecule has 0 bridgehead atoms. The topological polar surface area (TPSA) is 0 Å². The normalized spacial score (nSPS) is 12.8. The van der Waals surface area contributed by atoms with Gasteiger partial charge in [0.25, 0.3) is 0 Å². The molecule has 0 nitrogen and oxygen atoms in total. The van der Waals surface area contributed by atoms with Crippen molar-refractivity contribution in [2.24, 2.45) is 0 Å². The van der Waals surface area contributed by atoms with Crippen LogP contribution in [0.25, 0.3) is 0 Å². The second-order valence-electron chi connectivity index (χ2n) is 3.72. The van der Waals surface area contributed by atoms with Crippen LogP contribution in [0.15, 0.2) is 30.3 Å². The highest BCUT2D eigenvalue weighted by Crippen LogP contribution is 2.35. The Morgan fingerprint density at radius 1 is 1.15 bits per heavy atom. The van der Waals surface area contributed by atoms with Crippen molar-refractivity contribution >= 4 is 7.92 Å². The summed E-state index contributed by atoms with van der Waals surface area (Å²) in [5.74, 6) is 0. The smallest absolute Gasteiger partial charge is 0.0652 e. The van der Waals surface area contributed by atoms with E-state index in [1.807, 2.05) is 0 Å². The van der Waals surface area contributed by atoms with Gasteiger partial charge in [-0.25, -0.2) is 0 Å². The monoisotopic (exact) mass is 195 g/mol. The molecule has 0 radical (unpaired) electrons. The minimum absolute atomic E-state index is 0.105. The molecular weight excluding hydrogens is 175 g/mol. The Morgan fingerprint density at radius 3 is 2.46 bits per heavy atom. The van der Waals surface area contributed by atoms with E-state index in [1.54, 1.807) is 0 Å². The molecule has 0 aliphatic heterocycles. The first kappa shape index (κ1) is 10.7. The molecule has 0 aliphatic carbocycles. The van der Waals surface area contributed by atoms with Crippen molar-refractivity contribution in [3.8, 4) is 0 Å². The van der Waals surface area contributed by atoms with Crippen molar-refractivity contribution in [1.29, 1.82) is 0 Å². The molecular formula is C12H20P+. The SMILES string of the molecule is CCCC[PH+](C)Cc1ccccc1. The Balaban J connectivity index is 2.32. The standard InChI is InChI=1S/C12H19P/c1-3-4-10-13(2)11-12-8-6-5-7-9-12/h5-9H,3-4,10-11H2,1-2H3/p+1. The van der Waals surface area contributed by atoms with E-state index in [0.29, 0.717) is 0 Å². The second-order valence-corrected chi connectivity index (χ2v) is 6.49. The van der Waals surface area contributed by atoms with Gasteiger partial charge in [0, 0.05) is 14.6 Å². The molecule has 0 saturated heterocycles. The van der Waals surface area contributed by atoms with E-state index < -0.39 is 0 Å². The Kier molecular flexibility index (Phi) is 5.08. The fourth-order valence-corrected chi connectivity index (χ4v) is 3.58. The highest BCUT2D eigenvalue weighted by Gasteiger charge is 2.08. The second kappa shape index (κ2) is 6.16. The van der Waals surface area contributed by atoms with E-state index in [1.165, 1.54) is 30.7 Å². The predicted octanol–water partition coefficient (Wildman–Crippen LogP) is 3.83. The zero-order chi connectivity index (χ0) is 9.52. The van der Waals surface area contributed by atoms with Gasteiger partial charge < -0.3 is 0 Å². The zero-order valence-electron chi connectivity index (χ0n) is 8.72. The van der Waals surface area contributed by atoms with Gasteiger partial charge in [0.05, 0.1) is 12.3 Å². The zero-order valence-corrected chi connectivity index (χ0v) is 9.72. The van der Waals surface area contributed by atoms with Gasteiger partial charge in [-0.2, -0.15) is 0 Å². The van der Waals surface area contributed by atoms with Crippen LogP contribution in [-0.4, -0.2) is 12.8 Å². The van der Waals surface area contributed by atoms with Gasteiger partial charge in [0.1, 0.15) is 0 Å². The largest absolute Gasteiger partial charge is 0.0817 e. The maximum Gasteiger partial charge on any atom is 0.0817 e. The first-order chi connectivity index (χ1) is 6.33. The molecule has 0 fully saturated rings. The van der Waals surface area contributed by atoms with Gasteiger partial charge >= 0.3 is 0 Å². The average Bonchev–Trinajstić information content (AvgIpc) is 2.16. The summed E-state index contributed by atoms with van der Waals surface area (Å²) >= 11 is 0. The van der Waals surface area contributed by atoms with Gasteiger partial charge in [0.2, 0.25) is 0 Å². The highest BCUT2D eigenvalue weighted by atomic mass is 31.1. The fraction of sp³-hybridized carbons (Fsp3) is 0.500. The Labute approximate surface area is 83.1 Å². The molecule has 72 valence electrons. The third-order valence-electron chi connectivity index (χ3n) is 2.31. The number of unbranched alkanes of at least 4 members (excludes halogenated alkanes) is 1. The summed E-state index contributed by atoms with van der Waals surface area (Å²) in [5.41, 5.74) is 1.52. The van der Waals surface area contributed by atoms with E-state index in [9.17, 15) is 0 Å². The number of rotatable bonds is 5. The average molecular weight is 195 g/mol. The lowest BCUT2D eigenvalue weighted by molar-refractivity contribution is 0.890. The lowest BCUT2D eigenvalue weighted by Crippen LogP contribution is -1.87. The van der Waals surface area contributed by atoms with Crippen molar-refractivity contribution in [1.82, 2.24) is 0 Å². The Morgan fingerprint density at radius 2 is 1.85 bits per heavy atom. The number of hydrogen-bond donors (Lipinski definition) is 0. The molecule has 0 spiro atoms. The van der Waals surface area contributed by atoms with Crippen LogP contribution in [-0.2, 0) is 6.16 Å². The molecule has 0 heterocycles. The van der Waals surface area contributed by atoms with E-state index in [0.717, 1.165) is 0 Å². The van der Waals surface area contributed by atoms with Gasteiger partial charge in [-0.05, 0) is 12.0 Å². The molecule has 1 rings (SSSR count). The third-order valence-corrected chi connectivity index (χ3v) is 4.52. The summed E-state index contributed by atoms with van der Waals surface area (Å²) in [7, 11) is -0.105. The molecule has 1 unspecified atom stereocenters. The molecule has 0 amide bonds. The molecule has 1 atom stereocenters. The summed E-state index contributed by atoms with van der Waals surface area (Å²) in [4.78, 5) is 0. The quantitative estimate of drug-likeness (QED) is 0.626. The van der Waals surface area contributed by atoms with Crippen molar-refractivity contribution in [2.45, 2.75) is 25.9 Å². The lowest BCUT2D eigenvalue weighted by Gasteiger charge is -2.04. The van der Waals surface area contributed by atoms with Gasteiger partial charge in [0.15, 0.2) is 0 Å². The number of hydrogen-bond acceptors (Lipinski definition) is 0. The van der Waals surface area contributed by atoms with Gasteiger partial charge in [-0.3, -0.25) is 0 Å². The number of benzene rings is 1. The van der Waals surface area contributed by atoms with Gasteiger partial charge in [-0.1, -0.05) is 43.7 Å². The first-order valence-electron chi connectivity index (χ1n) is 5.18. The van der Waals surface area contributed by atoms with Crippen molar-refractivity contribution in [3.63, 3.8) is 0 Å². The molecule has 0 saturated carbocycles. The van der Waals surface area contributed by atoms with Crippen LogP contribution >= 0.6 is 7.92 Å². The van der Waals surface area contributed by atoms with E-state index >= 15 is 0 Å². The van der Waals surface area contributed by atoms with Crippen molar-refractivity contribution in [2.75, 3.05) is 12.8 Å². The van der Waals surface area contributed by atoms with Crippen LogP contribution in [0.2, 0.25) is 0 Å². The summed E-state index contributed by atoms with van der Waals surface area (Å²) in [5, 5.41) is 0. The third kappa shape index (κ3) is 4.43. The fourth-order valence-electron chi connectivity index (χ4n) is 1.51. The minimum Gasteiger partial charge on any atom is -0.0652 e. The van der Waals surface area contributed by atoms with Crippen LogP contribution < -0.4 is 0 Å². The van der Waals surface area contributed by atoms with Gasteiger partial charge in [-0.15, -0.1) is 0 Å². The maximum atomic E-state index is 2.45. The molecule has 0 aromatic heterocycles. The van der Waals surface area contributed by atoms with E-state index in [4.69, 9.17) is 0 Å². The molecule has 1 aromatic rings. The van der Waals surface area contributed by atoms with Crippen molar-refractivity contribution < 1.29 is 0 Å². The summed E-state index contributed by atoms with van der Waals surface area (Å²) in [6, 6.07) is 10.9. The first-order valence-corrected chi connectivity index (χ1v) is 7.59. The molecule has 0 aliphatic rings. The predicted molar refractivity (Wildman–Crippen MR) is 64.2 cm³/mol. The van der Waals surface area contributed by atoms with Crippen LogP contribution in [0, 0.1) is 0 Å². The van der Waals surface area contributed by atoms with E-state index in [2.05, 4.69) is 43.9 Å². The van der Waals surface area contributed by atoms with Crippen LogP contribution in [0.3, 0.4) is 0 Å². The summed E-state index contributed by atoms with van der Waals surface area (Å²) in [6.07, 6.45) is 5.57. The highest BCUT2D eigenvalue weighted by molar-refractivity contribution is 7.55. The minimum atomic E-state index is -0.105. The van der Waals surface area contributed by atoms with E-state index in [-0.39, 0.29) is 7.92 Å². The molecule has 13 heavy (non-hydrogen) atoms. The Bertz CT molecular complexity index is 218. The van der Waals surface area contributed by atoms with Crippen LogP contribution in [0.4, 0.5) is 0 Å². The van der Waals surface area contributed by atoms with Crippen LogP contribution in [0.5, 0.6) is 0 Å². The molecule has 0 N–H and O–H groups in total. The Hall–Kier alpha value is -0.350. The molecule has 1 aromatic carbocycles. The summed E-state index contributed by atoms with van der Waals surface area (Å²) in [6.45, 7) is 4.73. The lowest BCUT2D eigenvalue weighted by atomic mass is 10.2.